The molecule has 3 rings (SSSR count). The second-order valence-corrected chi connectivity index (χ2v) is 5.26. The molecule has 3 N–H and O–H groups in total. The minimum Gasteiger partial charge on any atom is -0.376 e. The lowest BCUT2D eigenvalue weighted by molar-refractivity contribution is -0.117. The Hall–Kier alpha value is -1.97. The lowest BCUT2D eigenvalue weighted by Gasteiger charge is -2.52. The number of hydrogen-bond donors (Lipinski definition) is 2. The molecular weight excluding hydrogens is 256 g/mol. The summed E-state index contributed by atoms with van der Waals surface area (Å²) in [5.41, 5.74) is 6.81. The summed E-state index contributed by atoms with van der Waals surface area (Å²) < 4.78 is 5.67. The first-order valence-corrected chi connectivity index (χ1v) is 6.75. The fraction of sp³-hybridized carbons (Fsp3) is 0.500. The minimum absolute atomic E-state index is 0.0288. The number of carbonyl (C=O) groups excluding carboxylic acids is 1. The van der Waals surface area contributed by atoms with Crippen molar-refractivity contribution in [2.75, 3.05) is 6.61 Å². The molecule has 6 nitrogen and oxygen atoms in total. The number of nitrogens with two attached hydrogens (primary N) is 1. The Balaban J connectivity index is 1.65. The van der Waals surface area contributed by atoms with Crippen LogP contribution in [0.1, 0.15) is 28.9 Å². The maximum atomic E-state index is 12.1. The lowest BCUT2D eigenvalue weighted by Crippen LogP contribution is -2.72. The maximum Gasteiger partial charge on any atom is 0.270 e. The third-order valence-corrected chi connectivity index (χ3v) is 4.10. The molecule has 1 amide bonds. The van der Waals surface area contributed by atoms with Crippen molar-refractivity contribution in [1.82, 2.24) is 10.3 Å². The highest BCUT2D eigenvalue weighted by atomic mass is 16.5. The molecular formula is C14H16N4O2. The molecule has 4 atom stereocenters. The highest BCUT2D eigenvalue weighted by molar-refractivity contribution is 5.92. The molecule has 2 heterocycles. The summed E-state index contributed by atoms with van der Waals surface area (Å²) in [6.45, 7) is 0.732. The summed E-state index contributed by atoms with van der Waals surface area (Å²) in [5.74, 6) is 0.0746. The zero-order valence-corrected chi connectivity index (χ0v) is 11.0. The van der Waals surface area contributed by atoms with Crippen molar-refractivity contribution < 1.29 is 9.53 Å². The van der Waals surface area contributed by atoms with Gasteiger partial charge in [0.05, 0.1) is 17.7 Å². The van der Waals surface area contributed by atoms with E-state index in [2.05, 4.69) is 10.3 Å². The molecule has 4 unspecified atom stereocenters. The summed E-state index contributed by atoms with van der Waals surface area (Å²) in [6, 6.07) is 4.88. The van der Waals surface area contributed by atoms with Gasteiger partial charge in [0.15, 0.2) is 0 Å². The number of hydrogen-bond acceptors (Lipinski definition) is 5. The number of carbonyl (C=O) groups is 1. The van der Waals surface area contributed by atoms with Crippen molar-refractivity contribution >= 4 is 5.91 Å². The number of ether oxygens (including phenoxy) is 1. The Morgan fingerprint density at radius 1 is 1.55 bits per heavy atom. The van der Waals surface area contributed by atoms with Crippen molar-refractivity contribution in [3.8, 4) is 6.07 Å². The number of aromatic nitrogens is 1. The molecule has 1 aliphatic carbocycles. The van der Waals surface area contributed by atoms with Crippen molar-refractivity contribution in [3.05, 3.63) is 29.6 Å². The van der Waals surface area contributed by atoms with E-state index in [1.54, 1.807) is 6.07 Å². The molecule has 0 aromatic carbocycles. The average Bonchev–Trinajstić information content (AvgIpc) is 2.52. The topological polar surface area (TPSA) is 101 Å². The van der Waals surface area contributed by atoms with Gasteiger partial charge in [-0.2, -0.15) is 5.26 Å². The van der Waals surface area contributed by atoms with Crippen molar-refractivity contribution in [2.45, 2.75) is 31.0 Å². The number of nitrogens with one attached hydrogen (secondary N) is 1. The molecule has 2 fully saturated rings. The highest BCUT2D eigenvalue weighted by Gasteiger charge is 2.51. The average molecular weight is 272 g/mol. The Morgan fingerprint density at radius 2 is 2.40 bits per heavy atom. The van der Waals surface area contributed by atoms with Crippen LogP contribution in [0.2, 0.25) is 0 Å². The van der Waals surface area contributed by atoms with Crippen LogP contribution >= 0.6 is 0 Å². The predicted molar refractivity (Wildman–Crippen MR) is 70.6 cm³/mol. The van der Waals surface area contributed by atoms with Crippen LogP contribution in [0.4, 0.5) is 0 Å². The van der Waals surface area contributed by atoms with Gasteiger partial charge in [0.25, 0.3) is 5.91 Å². The normalized spacial score (nSPS) is 31.6. The van der Waals surface area contributed by atoms with Crippen LogP contribution in [0.15, 0.2) is 18.3 Å². The summed E-state index contributed by atoms with van der Waals surface area (Å²) in [7, 11) is 0. The monoisotopic (exact) mass is 272 g/mol. The molecule has 0 bridgehead atoms. The molecule has 1 aromatic heterocycles. The number of fused-ring (bicyclic) bond motifs is 1. The van der Waals surface area contributed by atoms with E-state index in [0.29, 0.717) is 11.5 Å². The van der Waals surface area contributed by atoms with Crippen molar-refractivity contribution in [1.29, 1.82) is 5.26 Å². The SMILES string of the molecule is N#Cc1ccc(C(=O)NC2C(N)C3CCCOC32)nc1. The highest BCUT2D eigenvalue weighted by Crippen LogP contribution is 2.37. The van der Waals surface area contributed by atoms with Crippen LogP contribution in [0.25, 0.3) is 0 Å². The van der Waals surface area contributed by atoms with Gasteiger partial charge in [0.1, 0.15) is 11.8 Å². The number of rotatable bonds is 2. The molecule has 1 saturated heterocycles. The second-order valence-electron chi connectivity index (χ2n) is 5.26. The molecule has 20 heavy (non-hydrogen) atoms. The fourth-order valence-electron chi connectivity index (χ4n) is 2.95. The Morgan fingerprint density at radius 3 is 3.10 bits per heavy atom. The number of amides is 1. The molecule has 1 aromatic rings. The van der Waals surface area contributed by atoms with Gasteiger partial charge < -0.3 is 15.8 Å². The maximum absolute atomic E-state index is 12.1. The Bertz CT molecular complexity index is 551. The molecule has 6 heteroatoms. The van der Waals surface area contributed by atoms with Gasteiger partial charge in [-0.3, -0.25) is 4.79 Å². The number of nitrogens with zero attached hydrogens (tertiary/aromatic N) is 2. The summed E-state index contributed by atoms with van der Waals surface area (Å²) in [6.07, 6.45) is 3.51. The van der Waals surface area contributed by atoms with Crippen molar-refractivity contribution in [3.63, 3.8) is 0 Å². The summed E-state index contributed by atoms with van der Waals surface area (Å²) in [5, 5.41) is 11.6. The molecule has 0 spiro atoms. The first kappa shape index (κ1) is 13.0. The standard InChI is InChI=1S/C14H16N4O2/c15-6-8-3-4-10(17-7-8)14(19)18-12-11(16)9-2-1-5-20-13(9)12/h3-4,7,9,11-13H,1-2,5,16H2,(H,18,19). The largest absolute Gasteiger partial charge is 0.376 e. The molecule has 0 radical (unpaired) electrons. The van der Waals surface area contributed by atoms with Gasteiger partial charge >= 0.3 is 0 Å². The fourth-order valence-corrected chi connectivity index (χ4v) is 2.95. The predicted octanol–water partition coefficient (Wildman–Crippen LogP) is 0.188. The molecule has 1 saturated carbocycles. The van der Waals surface area contributed by atoms with E-state index in [4.69, 9.17) is 15.7 Å². The first-order chi connectivity index (χ1) is 9.70. The number of nitriles is 1. The summed E-state index contributed by atoms with van der Waals surface area (Å²) >= 11 is 0. The van der Waals surface area contributed by atoms with E-state index in [1.165, 1.54) is 12.3 Å². The van der Waals surface area contributed by atoms with Crippen LogP contribution < -0.4 is 11.1 Å². The molecule has 1 aliphatic heterocycles. The quantitative estimate of drug-likeness (QED) is 0.800. The van der Waals surface area contributed by atoms with Gasteiger partial charge in [-0.1, -0.05) is 0 Å². The van der Waals surface area contributed by atoms with E-state index in [0.717, 1.165) is 19.4 Å². The zero-order valence-electron chi connectivity index (χ0n) is 11.0. The zero-order chi connectivity index (χ0) is 14.1. The van der Waals surface area contributed by atoms with E-state index in [-0.39, 0.29) is 29.8 Å². The van der Waals surface area contributed by atoms with E-state index in [1.807, 2.05) is 6.07 Å². The summed E-state index contributed by atoms with van der Waals surface area (Å²) in [4.78, 5) is 16.1. The van der Waals surface area contributed by atoms with Gasteiger partial charge in [-0.05, 0) is 25.0 Å². The van der Waals surface area contributed by atoms with Gasteiger partial charge in [0.2, 0.25) is 0 Å². The van der Waals surface area contributed by atoms with Crippen LogP contribution in [-0.2, 0) is 4.74 Å². The van der Waals surface area contributed by atoms with E-state index in [9.17, 15) is 4.79 Å². The first-order valence-electron chi connectivity index (χ1n) is 6.75. The Labute approximate surface area is 116 Å². The second kappa shape index (κ2) is 5.19. The minimum atomic E-state index is -0.275. The third-order valence-electron chi connectivity index (χ3n) is 4.10. The van der Waals surface area contributed by atoms with Gasteiger partial charge in [-0.25, -0.2) is 4.98 Å². The van der Waals surface area contributed by atoms with Crippen LogP contribution in [0.5, 0.6) is 0 Å². The Kier molecular flexibility index (Phi) is 3.38. The molecule has 2 aliphatic rings. The van der Waals surface area contributed by atoms with Crippen LogP contribution in [0, 0.1) is 17.2 Å². The van der Waals surface area contributed by atoms with Crippen LogP contribution in [0.3, 0.4) is 0 Å². The lowest BCUT2D eigenvalue weighted by atomic mass is 9.68. The van der Waals surface area contributed by atoms with Crippen molar-refractivity contribution in [2.24, 2.45) is 11.7 Å². The van der Waals surface area contributed by atoms with Crippen LogP contribution in [-0.4, -0.2) is 35.7 Å². The van der Waals surface area contributed by atoms with Gasteiger partial charge in [0, 0.05) is 24.8 Å². The van der Waals surface area contributed by atoms with Gasteiger partial charge in [-0.15, -0.1) is 0 Å². The number of pyridine rings is 1. The van der Waals surface area contributed by atoms with E-state index < -0.39 is 0 Å². The third kappa shape index (κ3) is 2.15. The molecule has 104 valence electrons. The van der Waals surface area contributed by atoms with E-state index >= 15 is 0 Å². The smallest absolute Gasteiger partial charge is 0.270 e.